The van der Waals surface area contributed by atoms with Gasteiger partial charge in [0.05, 0.1) is 5.69 Å². The molecule has 0 aliphatic rings. The largest absolute Gasteiger partial charge is 0.319 e. The maximum absolute atomic E-state index is 4.78. The number of nitrogens with zero attached hydrogens (tertiary/aromatic N) is 2. The molecule has 1 heterocycles. The second-order valence-electron chi connectivity index (χ2n) is 4.51. The van der Waals surface area contributed by atoms with Crippen LogP contribution >= 0.6 is 0 Å². The normalized spacial score (nSPS) is 11.1. The van der Waals surface area contributed by atoms with Gasteiger partial charge >= 0.3 is 0 Å². The first-order valence-electron chi connectivity index (χ1n) is 7.00. The van der Waals surface area contributed by atoms with Crippen molar-refractivity contribution in [2.75, 3.05) is 13.6 Å². The lowest BCUT2D eigenvalue weighted by Gasteiger charge is -2.07. The van der Waals surface area contributed by atoms with Crippen LogP contribution in [0.1, 0.15) is 50.6 Å². The van der Waals surface area contributed by atoms with Crippen molar-refractivity contribution in [3.63, 3.8) is 0 Å². The fourth-order valence-electron chi connectivity index (χ4n) is 2.30. The lowest BCUT2D eigenvalue weighted by atomic mass is 10.1. The van der Waals surface area contributed by atoms with E-state index >= 15 is 0 Å². The maximum Gasteiger partial charge on any atom is 0.0657 e. The zero-order valence-electron chi connectivity index (χ0n) is 11.8. The first kappa shape index (κ1) is 14.2. The van der Waals surface area contributed by atoms with E-state index in [1.165, 1.54) is 29.8 Å². The third-order valence-electron chi connectivity index (χ3n) is 3.27. The predicted molar refractivity (Wildman–Crippen MR) is 73.5 cm³/mol. The van der Waals surface area contributed by atoms with Gasteiger partial charge in [-0.25, -0.2) is 0 Å². The zero-order valence-corrected chi connectivity index (χ0v) is 11.8. The third-order valence-corrected chi connectivity index (χ3v) is 3.27. The monoisotopic (exact) mass is 237 g/mol. The lowest BCUT2D eigenvalue weighted by Crippen LogP contribution is -2.12. The van der Waals surface area contributed by atoms with E-state index in [0.717, 1.165) is 32.4 Å². The molecule has 0 radical (unpaired) electrons. The van der Waals surface area contributed by atoms with Crippen molar-refractivity contribution in [2.45, 2.75) is 59.4 Å². The molecule has 17 heavy (non-hydrogen) atoms. The first-order chi connectivity index (χ1) is 8.28. The number of nitrogens with one attached hydrogen (secondary N) is 1. The fourth-order valence-corrected chi connectivity index (χ4v) is 2.30. The molecule has 0 spiro atoms. The second-order valence-corrected chi connectivity index (χ2v) is 4.51. The number of rotatable bonds is 8. The topological polar surface area (TPSA) is 29.9 Å². The summed E-state index contributed by atoms with van der Waals surface area (Å²) < 4.78 is 2.24. The minimum Gasteiger partial charge on any atom is -0.319 e. The highest BCUT2D eigenvalue weighted by atomic mass is 15.3. The van der Waals surface area contributed by atoms with Crippen LogP contribution in [-0.2, 0) is 25.8 Å². The van der Waals surface area contributed by atoms with Crippen molar-refractivity contribution in [1.82, 2.24) is 15.1 Å². The molecule has 0 saturated carbocycles. The number of hydrogen-bond acceptors (Lipinski definition) is 2. The van der Waals surface area contributed by atoms with Crippen LogP contribution in [0.3, 0.4) is 0 Å². The van der Waals surface area contributed by atoms with Crippen LogP contribution in [0.4, 0.5) is 0 Å². The molecule has 1 rings (SSSR count). The van der Waals surface area contributed by atoms with Gasteiger partial charge in [0.25, 0.3) is 0 Å². The third kappa shape index (κ3) is 3.56. The van der Waals surface area contributed by atoms with Crippen LogP contribution in [0, 0.1) is 0 Å². The van der Waals surface area contributed by atoms with E-state index in [9.17, 15) is 0 Å². The highest BCUT2D eigenvalue weighted by molar-refractivity contribution is 5.27. The number of aryl methyl sites for hydroxylation is 2. The molecule has 3 nitrogen and oxygen atoms in total. The van der Waals surface area contributed by atoms with Crippen LogP contribution in [-0.4, -0.2) is 23.4 Å². The van der Waals surface area contributed by atoms with Gasteiger partial charge in [0, 0.05) is 12.2 Å². The Bertz CT molecular complexity index is 328. The number of hydrogen-bond donors (Lipinski definition) is 1. The Hall–Kier alpha value is -0.830. The highest BCUT2D eigenvalue weighted by Gasteiger charge is 2.14. The van der Waals surface area contributed by atoms with E-state index in [1.54, 1.807) is 0 Å². The maximum atomic E-state index is 4.78. The van der Waals surface area contributed by atoms with Gasteiger partial charge in [-0.1, -0.05) is 27.2 Å². The van der Waals surface area contributed by atoms with Crippen molar-refractivity contribution in [2.24, 2.45) is 0 Å². The van der Waals surface area contributed by atoms with Gasteiger partial charge in [-0.2, -0.15) is 5.10 Å². The lowest BCUT2D eigenvalue weighted by molar-refractivity contribution is 0.545. The van der Waals surface area contributed by atoms with E-state index in [4.69, 9.17) is 5.10 Å². The average Bonchev–Trinajstić information content (AvgIpc) is 2.70. The Balaban J connectivity index is 2.93. The van der Waals surface area contributed by atoms with E-state index in [2.05, 4.69) is 30.8 Å². The van der Waals surface area contributed by atoms with Crippen molar-refractivity contribution < 1.29 is 0 Å². The Morgan fingerprint density at radius 3 is 2.47 bits per heavy atom. The number of likely N-dealkylation sites (N-methyl/N-ethyl adjacent to an activating group) is 1. The molecule has 0 aliphatic heterocycles. The molecule has 98 valence electrons. The summed E-state index contributed by atoms with van der Waals surface area (Å²) in [7, 11) is 2.01. The van der Waals surface area contributed by atoms with Gasteiger partial charge in [0.2, 0.25) is 0 Å². The summed E-state index contributed by atoms with van der Waals surface area (Å²) in [5.41, 5.74) is 4.24. The number of aromatic nitrogens is 2. The summed E-state index contributed by atoms with van der Waals surface area (Å²) in [6, 6.07) is 0. The quantitative estimate of drug-likeness (QED) is 0.753. The van der Waals surface area contributed by atoms with Gasteiger partial charge < -0.3 is 5.32 Å². The van der Waals surface area contributed by atoms with Crippen LogP contribution in [0.15, 0.2) is 0 Å². The highest BCUT2D eigenvalue weighted by Crippen LogP contribution is 2.17. The Labute approximate surface area is 106 Å². The zero-order chi connectivity index (χ0) is 12.7. The van der Waals surface area contributed by atoms with Gasteiger partial charge in [0.15, 0.2) is 0 Å². The number of unbranched alkanes of at least 4 members (excludes halogenated alkanes) is 1. The minimum absolute atomic E-state index is 1.04. The summed E-state index contributed by atoms with van der Waals surface area (Å²) in [4.78, 5) is 0. The van der Waals surface area contributed by atoms with Crippen LogP contribution in [0.5, 0.6) is 0 Å². The molecular formula is C14H27N3. The summed E-state index contributed by atoms with van der Waals surface area (Å²) in [6.07, 6.45) is 5.70. The second kappa shape index (κ2) is 7.49. The summed E-state index contributed by atoms with van der Waals surface area (Å²) in [5, 5.41) is 8.01. The standard InChI is InChI=1S/C14H27N3/c1-5-8-11-17-14(7-3)12(9-10-15-4)13(6-2)16-17/h15H,5-11H2,1-4H3. The molecule has 0 saturated heterocycles. The molecule has 1 aromatic rings. The van der Waals surface area contributed by atoms with Gasteiger partial charge in [-0.3, -0.25) is 4.68 Å². The van der Waals surface area contributed by atoms with Crippen LogP contribution in [0.25, 0.3) is 0 Å². The Morgan fingerprint density at radius 2 is 1.94 bits per heavy atom. The molecular weight excluding hydrogens is 210 g/mol. The molecule has 0 atom stereocenters. The predicted octanol–water partition coefficient (Wildman–Crippen LogP) is 2.57. The molecule has 0 aromatic carbocycles. The van der Waals surface area contributed by atoms with Gasteiger partial charge in [-0.15, -0.1) is 0 Å². The van der Waals surface area contributed by atoms with Crippen LogP contribution < -0.4 is 5.32 Å². The van der Waals surface area contributed by atoms with Crippen molar-refractivity contribution >= 4 is 0 Å². The first-order valence-corrected chi connectivity index (χ1v) is 7.00. The molecule has 1 N–H and O–H groups in total. The Kier molecular flexibility index (Phi) is 6.27. The van der Waals surface area contributed by atoms with Crippen molar-refractivity contribution in [1.29, 1.82) is 0 Å². The van der Waals surface area contributed by atoms with Crippen LogP contribution in [0.2, 0.25) is 0 Å². The molecule has 3 heteroatoms. The van der Waals surface area contributed by atoms with E-state index in [-0.39, 0.29) is 0 Å². The van der Waals surface area contributed by atoms with E-state index in [1.807, 2.05) is 7.05 Å². The van der Waals surface area contributed by atoms with Gasteiger partial charge in [-0.05, 0) is 44.8 Å². The molecule has 0 unspecified atom stereocenters. The molecule has 0 fully saturated rings. The smallest absolute Gasteiger partial charge is 0.0657 e. The fraction of sp³-hybridized carbons (Fsp3) is 0.786. The average molecular weight is 237 g/mol. The van der Waals surface area contributed by atoms with Crippen molar-refractivity contribution in [3.8, 4) is 0 Å². The van der Waals surface area contributed by atoms with E-state index in [0.29, 0.717) is 0 Å². The molecule has 0 aliphatic carbocycles. The van der Waals surface area contributed by atoms with Gasteiger partial charge in [0.1, 0.15) is 0 Å². The summed E-state index contributed by atoms with van der Waals surface area (Å²) >= 11 is 0. The summed E-state index contributed by atoms with van der Waals surface area (Å²) in [5.74, 6) is 0. The molecule has 0 amide bonds. The van der Waals surface area contributed by atoms with E-state index < -0.39 is 0 Å². The molecule has 0 bridgehead atoms. The molecule has 1 aromatic heterocycles. The van der Waals surface area contributed by atoms with Crippen molar-refractivity contribution in [3.05, 3.63) is 17.0 Å². The minimum atomic E-state index is 1.04. The summed E-state index contributed by atoms with van der Waals surface area (Å²) in [6.45, 7) is 8.79. The Morgan fingerprint density at radius 1 is 1.18 bits per heavy atom. The SMILES string of the molecule is CCCCn1nc(CC)c(CCNC)c1CC.